The molecule has 3 aromatic carbocycles. The van der Waals surface area contributed by atoms with Gasteiger partial charge in [0.15, 0.2) is 23.0 Å². The number of aromatic hydroxyl groups is 1. The zero-order chi connectivity index (χ0) is 24.2. The highest BCUT2D eigenvalue weighted by Crippen LogP contribution is 2.33. The number of hydrogen-bond donors (Lipinski definition) is 3. The van der Waals surface area contributed by atoms with Crippen molar-refractivity contribution in [3.63, 3.8) is 0 Å². The number of carbonyl (C=O) groups excluding carboxylic acids is 2. The van der Waals surface area contributed by atoms with Crippen LogP contribution in [-0.4, -0.2) is 42.1 Å². The molecule has 0 spiro atoms. The second-order valence-corrected chi connectivity index (χ2v) is 6.77. The minimum absolute atomic E-state index is 0.129. The third kappa shape index (κ3) is 6.80. The zero-order valence-corrected chi connectivity index (χ0v) is 18.4. The lowest BCUT2D eigenvalue weighted by Crippen LogP contribution is -2.02. The maximum atomic E-state index is 10.9. The van der Waals surface area contributed by atoms with Crippen LogP contribution in [0.3, 0.4) is 0 Å². The fraction of sp³-hybridized carbons (Fsp3) is 0.200. The topological polar surface area (TPSA) is 123 Å². The monoisotopic (exact) mass is 454 g/mol. The molecule has 0 aliphatic rings. The predicted octanol–water partition coefficient (Wildman–Crippen LogP) is 3.28. The second-order valence-electron chi connectivity index (χ2n) is 6.77. The molecule has 3 N–H and O–H groups in total. The van der Waals surface area contributed by atoms with Crippen LogP contribution >= 0.6 is 0 Å². The molecule has 3 aromatic rings. The summed E-state index contributed by atoms with van der Waals surface area (Å²) in [5.41, 5.74) is 2.62. The molecule has 0 atom stereocenters. The number of aliphatic hydroxyl groups excluding tert-OH is 2. The van der Waals surface area contributed by atoms with Crippen LogP contribution in [0.4, 0.5) is 0 Å². The lowest BCUT2D eigenvalue weighted by Gasteiger charge is -2.15. The molecule has 0 bridgehead atoms. The van der Waals surface area contributed by atoms with Gasteiger partial charge in [0.1, 0.15) is 19.2 Å². The third-order valence-corrected chi connectivity index (χ3v) is 4.61. The van der Waals surface area contributed by atoms with Crippen molar-refractivity contribution in [1.82, 2.24) is 0 Å². The van der Waals surface area contributed by atoms with Gasteiger partial charge in [0.25, 0.3) is 0 Å². The van der Waals surface area contributed by atoms with Crippen molar-refractivity contribution in [2.75, 3.05) is 14.2 Å². The Kier molecular flexibility index (Phi) is 9.88. The highest BCUT2D eigenvalue weighted by molar-refractivity contribution is 5.78. The highest BCUT2D eigenvalue weighted by atomic mass is 16.5. The van der Waals surface area contributed by atoms with E-state index in [2.05, 4.69) is 0 Å². The van der Waals surface area contributed by atoms with Gasteiger partial charge in [0.2, 0.25) is 0 Å². The third-order valence-electron chi connectivity index (χ3n) is 4.61. The predicted molar refractivity (Wildman–Crippen MR) is 121 cm³/mol. The lowest BCUT2D eigenvalue weighted by atomic mass is 10.1. The summed E-state index contributed by atoms with van der Waals surface area (Å²) in [4.78, 5) is 21.3. The van der Waals surface area contributed by atoms with Gasteiger partial charge in [0, 0.05) is 22.3 Å². The number of hydrogen-bond acceptors (Lipinski definition) is 8. The molecule has 0 aliphatic carbocycles. The summed E-state index contributed by atoms with van der Waals surface area (Å²) in [5.74, 6) is 0.961. The van der Waals surface area contributed by atoms with E-state index in [9.17, 15) is 19.8 Å². The first-order chi connectivity index (χ1) is 16.0. The van der Waals surface area contributed by atoms with Crippen LogP contribution in [0.1, 0.15) is 37.4 Å². The number of methoxy groups -OCH3 is 2. The maximum absolute atomic E-state index is 10.9. The van der Waals surface area contributed by atoms with E-state index in [-0.39, 0.29) is 30.3 Å². The molecular formula is C25H26O8. The molecule has 0 aromatic heterocycles. The molecule has 33 heavy (non-hydrogen) atoms. The Morgan fingerprint density at radius 3 is 1.85 bits per heavy atom. The van der Waals surface area contributed by atoms with E-state index in [1.54, 1.807) is 12.1 Å². The Morgan fingerprint density at radius 1 is 0.788 bits per heavy atom. The first-order valence-electron chi connectivity index (χ1n) is 9.90. The van der Waals surface area contributed by atoms with Crippen LogP contribution in [0, 0.1) is 0 Å². The largest absolute Gasteiger partial charge is 0.504 e. The van der Waals surface area contributed by atoms with Gasteiger partial charge < -0.3 is 29.5 Å². The summed E-state index contributed by atoms with van der Waals surface area (Å²) in [6.45, 7) is -0.184. The Balaban J connectivity index is 0.000000257. The molecule has 0 saturated heterocycles. The van der Waals surface area contributed by atoms with Crippen molar-refractivity contribution >= 4 is 12.6 Å². The van der Waals surface area contributed by atoms with Crippen molar-refractivity contribution in [3.05, 3.63) is 82.4 Å². The highest BCUT2D eigenvalue weighted by Gasteiger charge is 2.13. The summed E-state index contributed by atoms with van der Waals surface area (Å²) in [6, 6.07) is 15.7. The van der Waals surface area contributed by atoms with Crippen molar-refractivity contribution < 1.29 is 39.1 Å². The number of carbonyl (C=O) groups is 2. The number of benzene rings is 3. The number of aliphatic hydroxyl groups is 2. The van der Waals surface area contributed by atoms with Crippen LogP contribution in [0.5, 0.6) is 23.0 Å². The molecule has 174 valence electrons. The fourth-order valence-electron chi connectivity index (χ4n) is 2.95. The molecule has 0 unspecified atom stereocenters. The van der Waals surface area contributed by atoms with Crippen LogP contribution < -0.4 is 14.2 Å². The number of ether oxygens (including phenoxy) is 3. The van der Waals surface area contributed by atoms with Gasteiger partial charge in [-0.1, -0.05) is 30.3 Å². The quantitative estimate of drug-likeness (QED) is 0.421. The molecule has 0 heterocycles. The van der Waals surface area contributed by atoms with Gasteiger partial charge in [-0.15, -0.1) is 0 Å². The summed E-state index contributed by atoms with van der Waals surface area (Å²) in [6.07, 6.45) is 1.34. The van der Waals surface area contributed by atoms with Gasteiger partial charge in [-0.3, -0.25) is 9.59 Å². The molecule has 0 saturated carbocycles. The van der Waals surface area contributed by atoms with Gasteiger partial charge in [-0.25, -0.2) is 0 Å². The molecule has 0 aliphatic heterocycles. The first-order valence-corrected chi connectivity index (χ1v) is 9.90. The molecule has 0 amide bonds. The summed E-state index contributed by atoms with van der Waals surface area (Å²) < 4.78 is 15.8. The Bertz CT molecular complexity index is 1010. The van der Waals surface area contributed by atoms with E-state index in [0.717, 1.165) is 5.56 Å². The van der Waals surface area contributed by atoms with Gasteiger partial charge in [0.05, 0.1) is 27.4 Å². The number of aldehydes is 2. The second kappa shape index (κ2) is 12.8. The smallest absolute Gasteiger partial charge is 0.167 e. The van der Waals surface area contributed by atoms with Crippen molar-refractivity contribution in [1.29, 1.82) is 0 Å². The summed E-state index contributed by atoms with van der Waals surface area (Å²) in [5, 5.41) is 27.6. The Hall–Kier alpha value is -3.88. The summed E-state index contributed by atoms with van der Waals surface area (Å²) in [7, 11) is 2.88. The number of phenols is 1. The average molecular weight is 454 g/mol. The Labute approximate surface area is 191 Å². The van der Waals surface area contributed by atoms with E-state index < -0.39 is 0 Å². The van der Waals surface area contributed by atoms with Crippen molar-refractivity contribution in [2.24, 2.45) is 0 Å². The molecule has 0 radical (unpaired) electrons. The van der Waals surface area contributed by atoms with Crippen LogP contribution in [0.2, 0.25) is 0 Å². The van der Waals surface area contributed by atoms with E-state index >= 15 is 0 Å². The van der Waals surface area contributed by atoms with Crippen molar-refractivity contribution in [2.45, 2.75) is 19.8 Å². The molecule has 8 nitrogen and oxygen atoms in total. The van der Waals surface area contributed by atoms with Gasteiger partial charge in [-0.2, -0.15) is 0 Å². The minimum Gasteiger partial charge on any atom is -0.504 e. The molecule has 3 rings (SSSR count). The van der Waals surface area contributed by atoms with Crippen LogP contribution in [-0.2, 0) is 19.8 Å². The maximum Gasteiger partial charge on any atom is 0.167 e. The lowest BCUT2D eigenvalue weighted by molar-refractivity contribution is 0.111. The normalized spacial score (nSPS) is 9.94. The average Bonchev–Trinajstić information content (AvgIpc) is 2.87. The minimum atomic E-state index is -0.329. The molecule has 8 heteroatoms. The first kappa shape index (κ1) is 25.4. The van der Waals surface area contributed by atoms with E-state index in [4.69, 9.17) is 19.3 Å². The SMILES string of the molecule is COc1cc(C=O)cc(CO)c1O.COc1cc(C=O)cc(CO)c1OCc1ccccc1. The van der Waals surface area contributed by atoms with Gasteiger partial charge >= 0.3 is 0 Å². The summed E-state index contributed by atoms with van der Waals surface area (Å²) >= 11 is 0. The van der Waals surface area contributed by atoms with E-state index in [0.29, 0.717) is 47.4 Å². The van der Waals surface area contributed by atoms with Crippen molar-refractivity contribution in [3.8, 4) is 23.0 Å². The van der Waals surface area contributed by atoms with Crippen LogP contribution in [0.25, 0.3) is 0 Å². The zero-order valence-electron chi connectivity index (χ0n) is 18.4. The standard InChI is InChI=1S/C16H16O4.C9H10O4/c1-19-15-8-13(9-17)7-14(10-18)16(15)20-11-12-5-3-2-4-6-12;1-13-8-3-6(4-10)2-7(5-11)9(8)12/h2-9,18H,10-11H2,1H3;2-4,11-12H,5H2,1H3. The fourth-order valence-corrected chi connectivity index (χ4v) is 2.95. The Morgan fingerprint density at radius 2 is 1.33 bits per heavy atom. The van der Waals surface area contributed by atoms with E-state index in [1.807, 2.05) is 30.3 Å². The van der Waals surface area contributed by atoms with E-state index in [1.165, 1.54) is 26.4 Å². The molecule has 0 fully saturated rings. The molecular weight excluding hydrogens is 428 g/mol. The van der Waals surface area contributed by atoms with Crippen LogP contribution in [0.15, 0.2) is 54.6 Å². The van der Waals surface area contributed by atoms with Gasteiger partial charge in [-0.05, 0) is 29.8 Å². The number of rotatable bonds is 9.